The van der Waals surface area contributed by atoms with Crippen molar-refractivity contribution in [2.75, 3.05) is 13.2 Å². The van der Waals surface area contributed by atoms with Gasteiger partial charge in [0.2, 0.25) is 0 Å². The Morgan fingerprint density at radius 3 is 1.53 bits per heavy atom. The summed E-state index contributed by atoms with van der Waals surface area (Å²) in [7, 11) is 0. The van der Waals surface area contributed by atoms with Gasteiger partial charge in [0.1, 0.15) is 12.4 Å². The van der Waals surface area contributed by atoms with Crippen molar-refractivity contribution >= 4 is 15.9 Å². The van der Waals surface area contributed by atoms with Crippen molar-refractivity contribution in [3.63, 3.8) is 0 Å². The molecule has 162 valence electrons. The predicted octanol–water partition coefficient (Wildman–Crippen LogP) is 5.77. The maximum Gasteiger partial charge on any atom is 0.119 e. The summed E-state index contributed by atoms with van der Waals surface area (Å²) < 4.78 is 7.02. The summed E-state index contributed by atoms with van der Waals surface area (Å²) in [6, 6.07) is 38.5. The van der Waals surface area contributed by atoms with Gasteiger partial charge in [0.25, 0.3) is 0 Å². The molecule has 4 aromatic rings. The van der Waals surface area contributed by atoms with Crippen molar-refractivity contribution in [1.29, 1.82) is 0 Å². The third-order valence-electron chi connectivity index (χ3n) is 5.53. The fraction of sp³-hybridized carbons (Fsp3) is 0.143. The Bertz CT molecular complexity index is 990. The van der Waals surface area contributed by atoms with Gasteiger partial charge in [-0.15, -0.1) is 0 Å². The Kier molecular flexibility index (Phi) is 7.38. The van der Waals surface area contributed by atoms with Crippen LogP contribution >= 0.6 is 15.9 Å². The van der Waals surface area contributed by atoms with Crippen LogP contribution in [0, 0.1) is 0 Å². The zero-order chi connectivity index (χ0) is 22.2. The number of hydrogen-bond donors (Lipinski definition) is 2. The topological polar surface area (TPSA) is 41.5 Å². The van der Waals surface area contributed by atoms with E-state index in [1.165, 1.54) is 0 Å². The summed E-state index contributed by atoms with van der Waals surface area (Å²) >= 11 is 3.45. The molecule has 2 N–H and O–H groups in total. The van der Waals surface area contributed by atoms with Crippen molar-refractivity contribution in [3.05, 3.63) is 136 Å². The molecule has 32 heavy (non-hydrogen) atoms. The van der Waals surface area contributed by atoms with Gasteiger partial charge in [-0.05, 0) is 41.0 Å². The van der Waals surface area contributed by atoms with E-state index in [2.05, 4.69) is 57.6 Å². The zero-order valence-corrected chi connectivity index (χ0v) is 19.3. The molecule has 0 unspecified atom stereocenters. The molecule has 4 rings (SSSR count). The number of rotatable bonds is 9. The van der Waals surface area contributed by atoms with Gasteiger partial charge < -0.3 is 9.84 Å². The molecule has 3 nitrogen and oxygen atoms in total. The van der Waals surface area contributed by atoms with Crippen molar-refractivity contribution in [2.45, 2.75) is 11.6 Å². The van der Waals surface area contributed by atoms with E-state index in [0.29, 0.717) is 6.61 Å². The van der Waals surface area contributed by atoms with E-state index in [1.54, 1.807) is 0 Å². The van der Waals surface area contributed by atoms with Crippen LogP contribution in [0.2, 0.25) is 0 Å². The van der Waals surface area contributed by atoms with Gasteiger partial charge in [-0.2, -0.15) is 0 Å². The van der Waals surface area contributed by atoms with E-state index >= 15 is 0 Å². The Morgan fingerprint density at radius 1 is 0.688 bits per heavy atom. The van der Waals surface area contributed by atoms with Gasteiger partial charge in [-0.25, -0.2) is 0 Å². The molecule has 0 fully saturated rings. The van der Waals surface area contributed by atoms with E-state index in [-0.39, 0.29) is 12.6 Å². The highest BCUT2D eigenvalue weighted by Gasteiger charge is 2.38. The van der Waals surface area contributed by atoms with Crippen LogP contribution in [-0.2, 0) is 5.54 Å². The number of hydrogen-bond acceptors (Lipinski definition) is 3. The lowest BCUT2D eigenvalue weighted by molar-refractivity contribution is 0.166. The molecule has 0 aliphatic rings. The molecule has 1 atom stereocenters. The summed E-state index contributed by atoms with van der Waals surface area (Å²) in [6.45, 7) is 0.261. The molecule has 0 aliphatic carbocycles. The van der Waals surface area contributed by atoms with Crippen molar-refractivity contribution < 1.29 is 9.84 Å². The first-order valence-electron chi connectivity index (χ1n) is 10.7. The monoisotopic (exact) mass is 487 g/mol. The predicted molar refractivity (Wildman–Crippen MR) is 133 cm³/mol. The van der Waals surface area contributed by atoms with Crippen LogP contribution in [0.1, 0.15) is 16.7 Å². The molecule has 0 saturated carbocycles. The smallest absolute Gasteiger partial charge is 0.119 e. The highest BCUT2D eigenvalue weighted by Crippen LogP contribution is 2.37. The van der Waals surface area contributed by atoms with Crippen LogP contribution in [0.3, 0.4) is 0 Å². The molecule has 0 bridgehead atoms. The minimum absolute atomic E-state index is 0.0647. The molecule has 0 radical (unpaired) electrons. The third kappa shape index (κ3) is 4.94. The van der Waals surface area contributed by atoms with Crippen molar-refractivity contribution in [1.82, 2.24) is 5.32 Å². The molecule has 4 aromatic carbocycles. The number of aliphatic hydroxyl groups excluding tert-OH is 1. The maximum absolute atomic E-state index is 10.3. The van der Waals surface area contributed by atoms with Crippen LogP contribution < -0.4 is 10.1 Å². The van der Waals surface area contributed by atoms with Gasteiger partial charge >= 0.3 is 0 Å². The summed E-state index contributed by atoms with van der Waals surface area (Å²) in [5.74, 6) is 0.762. The lowest BCUT2D eigenvalue weighted by Crippen LogP contribution is -2.53. The molecule has 0 spiro atoms. The third-order valence-corrected chi connectivity index (χ3v) is 6.05. The zero-order valence-electron chi connectivity index (χ0n) is 17.7. The largest absolute Gasteiger partial charge is 0.492 e. The fourth-order valence-corrected chi connectivity index (χ4v) is 4.25. The van der Waals surface area contributed by atoms with Crippen LogP contribution in [-0.4, -0.2) is 24.4 Å². The SMILES string of the molecule is OC[C@H](COc1ccc(Br)cc1)NC(c1ccccc1)(c1ccccc1)c1ccccc1. The highest BCUT2D eigenvalue weighted by atomic mass is 79.9. The van der Waals surface area contributed by atoms with Gasteiger partial charge in [0.05, 0.1) is 18.2 Å². The first-order valence-corrected chi connectivity index (χ1v) is 11.4. The highest BCUT2D eigenvalue weighted by molar-refractivity contribution is 9.10. The average molecular weight is 488 g/mol. The molecular formula is C28H26BrNO2. The number of halogens is 1. The molecule has 4 heteroatoms. The van der Waals surface area contributed by atoms with Crippen LogP contribution in [0.25, 0.3) is 0 Å². The van der Waals surface area contributed by atoms with E-state index in [1.807, 2.05) is 78.9 Å². The summed E-state index contributed by atoms with van der Waals surface area (Å²) in [6.07, 6.45) is 0. The van der Waals surface area contributed by atoms with Crippen LogP contribution in [0.15, 0.2) is 120 Å². The van der Waals surface area contributed by atoms with Gasteiger partial charge in [0.15, 0.2) is 0 Å². The van der Waals surface area contributed by atoms with E-state index < -0.39 is 5.54 Å². The summed E-state index contributed by atoms with van der Waals surface area (Å²) in [5.41, 5.74) is 2.64. The average Bonchev–Trinajstić information content (AvgIpc) is 2.87. The standard InChI is InChI=1S/C28H26BrNO2/c29-25-16-18-27(19-17-25)32-21-26(20-31)30-28(22-10-4-1-5-11-22,23-12-6-2-7-13-23)24-14-8-3-9-15-24/h1-19,26,30-31H,20-21H2/t26-/m1/s1. The normalized spacial score (nSPS) is 12.3. The first kappa shape index (κ1) is 22.3. The second-order valence-corrected chi connectivity index (χ2v) is 8.55. The molecule has 0 amide bonds. The van der Waals surface area contributed by atoms with Gasteiger partial charge in [-0.3, -0.25) is 5.32 Å². The Hall–Kier alpha value is -2.92. The van der Waals surface area contributed by atoms with Crippen molar-refractivity contribution in [3.8, 4) is 5.75 Å². The fourth-order valence-electron chi connectivity index (χ4n) is 3.99. The van der Waals surface area contributed by atoms with Crippen LogP contribution in [0.4, 0.5) is 0 Å². The molecule has 0 saturated heterocycles. The lowest BCUT2D eigenvalue weighted by Gasteiger charge is -2.39. The van der Waals surface area contributed by atoms with Gasteiger partial charge in [0, 0.05) is 4.47 Å². The van der Waals surface area contributed by atoms with Gasteiger partial charge in [-0.1, -0.05) is 107 Å². The summed E-state index contributed by atoms with van der Waals surface area (Å²) in [5, 5.41) is 14.1. The molecular weight excluding hydrogens is 462 g/mol. The number of nitrogens with one attached hydrogen (secondary N) is 1. The Morgan fingerprint density at radius 2 is 1.12 bits per heavy atom. The minimum Gasteiger partial charge on any atom is -0.492 e. The van der Waals surface area contributed by atoms with E-state index in [0.717, 1.165) is 26.9 Å². The minimum atomic E-state index is -0.653. The van der Waals surface area contributed by atoms with Crippen molar-refractivity contribution in [2.24, 2.45) is 0 Å². The van der Waals surface area contributed by atoms with E-state index in [4.69, 9.17) is 4.74 Å². The Labute approximate surface area is 197 Å². The second-order valence-electron chi connectivity index (χ2n) is 7.64. The quantitative estimate of drug-likeness (QED) is 0.294. The number of aliphatic hydroxyl groups is 1. The lowest BCUT2D eigenvalue weighted by atomic mass is 9.76. The molecule has 0 aromatic heterocycles. The summed E-state index contributed by atoms with van der Waals surface area (Å²) in [4.78, 5) is 0. The maximum atomic E-state index is 10.3. The van der Waals surface area contributed by atoms with E-state index in [9.17, 15) is 5.11 Å². The number of ether oxygens (including phenoxy) is 1. The molecule has 0 heterocycles. The second kappa shape index (κ2) is 10.6. The van der Waals surface area contributed by atoms with Crippen LogP contribution in [0.5, 0.6) is 5.75 Å². The molecule has 0 aliphatic heterocycles. The number of benzene rings is 4. The first-order chi connectivity index (χ1) is 15.7. The Balaban J connectivity index is 1.75.